The second kappa shape index (κ2) is 4.65. The van der Waals surface area contributed by atoms with E-state index in [1.807, 2.05) is 0 Å². The number of barbiturate groups is 1. The second-order valence-electron chi connectivity index (χ2n) is 5.25. The van der Waals surface area contributed by atoms with Gasteiger partial charge in [0.2, 0.25) is 11.8 Å². The molecule has 1 aliphatic rings. The fraction of sp³-hybridized carbons (Fsp3) is 0.308. The maximum atomic E-state index is 12.3. The quantitative estimate of drug-likeness (QED) is 0.504. The molecule has 1 aromatic rings. The number of hydrogen-bond acceptors (Lipinski definition) is 5. The number of anilines is 1. The Morgan fingerprint density at radius 1 is 1.24 bits per heavy atom. The summed E-state index contributed by atoms with van der Waals surface area (Å²) in [7, 11) is 0. The van der Waals surface area contributed by atoms with E-state index in [4.69, 9.17) is 0 Å². The Morgan fingerprint density at radius 2 is 1.86 bits per heavy atom. The van der Waals surface area contributed by atoms with Crippen LogP contribution in [0.15, 0.2) is 18.2 Å². The third-order valence-electron chi connectivity index (χ3n) is 3.36. The zero-order valence-electron chi connectivity index (χ0n) is 11.7. The number of amides is 4. The number of nitrogens with one attached hydrogen (secondary N) is 1. The zero-order valence-corrected chi connectivity index (χ0v) is 11.7. The van der Waals surface area contributed by atoms with Gasteiger partial charge in [0.25, 0.3) is 5.69 Å². The van der Waals surface area contributed by atoms with Crippen molar-refractivity contribution in [3.63, 3.8) is 0 Å². The molecule has 1 aliphatic heterocycles. The topological polar surface area (TPSA) is 110 Å². The van der Waals surface area contributed by atoms with Gasteiger partial charge in [0.05, 0.1) is 10.6 Å². The summed E-state index contributed by atoms with van der Waals surface area (Å²) in [5.41, 5.74) is -0.930. The van der Waals surface area contributed by atoms with Gasteiger partial charge in [-0.05, 0) is 32.4 Å². The summed E-state index contributed by atoms with van der Waals surface area (Å²) in [5, 5.41) is 12.8. The highest BCUT2D eigenvalue weighted by Crippen LogP contribution is 2.31. The summed E-state index contributed by atoms with van der Waals surface area (Å²) in [4.78, 5) is 46.9. The molecular formula is C13H13N3O5. The van der Waals surface area contributed by atoms with Crippen molar-refractivity contribution >= 4 is 29.2 Å². The monoisotopic (exact) mass is 291 g/mol. The lowest BCUT2D eigenvalue weighted by Gasteiger charge is -2.35. The molecule has 8 heteroatoms. The van der Waals surface area contributed by atoms with E-state index >= 15 is 0 Å². The molecular weight excluding hydrogens is 278 g/mol. The molecule has 1 N–H and O–H groups in total. The second-order valence-corrected chi connectivity index (χ2v) is 5.25. The molecule has 1 saturated heterocycles. The minimum Gasteiger partial charge on any atom is -0.276 e. The van der Waals surface area contributed by atoms with Crippen LogP contribution in [0, 0.1) is 22.5 Å². The zero-order chi connectivity index (χ0) is 15.9. The molecule has 0 saturated carbocycles. The lowest BCUT2D eigenvalue weighted by Crippen LogP contribution is -2.62. The number of rotatable bonds is 2. The first-order valence-corrected chi connectivity index (χ1v) is 6.11. The van der Waals surface area contributed by atoms with Crippen LogP contribution in [0.3, 0.4) is 0 Å². The van der Waals surface area contributed by atoms with Crippen LogP contribution in [0.4, 0.5) is 16.2 Å². The van der Waals surface area contributed by atoms with E-state index in [1.54, 1.807) is 6.92 Å². The molecule has 0 aliphatic carbocycles. The molecule has 0 aromatic heterocycles. The van der Waals surface area contributed by atoms with Crippen molar-refractivity contribution in [1.29, 1.82) is 0 Å². The summed E-state index contributed by atoms with van der Waals surface area (Å²) in [6.45, 7) is 4.36. The summed E-state index contributed by atoms with van der Waals surface area (Å²) < 4.78 is 0. The van der Waals surface area contributed by atoms with Gasteiger partial charge in [-0.3, -0.25) is 25.0 Å². The van der Waals surface area contributed by atoms with Crippen LogP contribution in [-0.2, 0) is 9.59 Å². The van der Waals surface area contributed by atoms with Crippen LogP contribution in [0.5, 0.6) is 0 Å². The number of nitro groups is 1. The molecule has 4 amide bonds. The molecule has 0 unspecified atom stereocenters. The first-order chi connectivity index (χ1) is 9.66. The largest absolute Gasteiger partial charge is 0.335 e. The van der Waals surface area contributed by atoms with Crippen LogP contribution >= 0.6 is 0 Å². The molecule has 21 heavy (non-hydrogen) atoms. The van der Waals surface area contributed by atoms with Crippen molar-refractivity contribution in [3.05, 3.63) is 33.9 Å². The van der Waals surface area contributed by atoms with Gasteiger partial charge in [0.15, 0.2) is 0 Å². The van der Waals surface area contributed by atoms with Crippen molar-refractivity contribution in [1.82, 2.24) is 5.32 Å². The lowest BCUT2D eigenvalue weighted by molar-refractivity contribution is -0.384. The minimum atomic E-state index is -1.39. The fourth-order valence-electron chi connectivity index (χ4n) is 2.00. The number of carbonyl (C=O) groups excluding carboxylic acids is 3. The Balaban J connectivity index is 2.50. The fourth-order valence-corrected chi connectivity index (χ4v) is 2.00. The van der Waals surface area contributed by atoms with Crippen LogP contribution < -0.4 is 10.2 Å². The van der Waals surface area contributed by atoms with Gasteiger partial charge in [-0.15, -0.1) is 0 Å². The first kappa shape index (κ1) is 14.6. The standard InChI is InChI=1S/C13H13N3O5/c1-7-6-8(16(20)21)4-5-9(7)15-11(18)13(2,3)10(17)14-12(15)19/h4-6H,1-3H3,(H,14,17,19). The highest BCUT2D eigenvalue weighted by Gasteiger charge is 2.47. The Morgan fingerprint density at radius 3 is 2.38 bits per heavy atom. The van der Waals surface area contributed by atoms with E-state index < -0.39 is 28.2 Å². The van der Waals surface area contributed by atoms with Crippen molar-refractivity contribution < 1.29 is 19.3 Å². The average molecular weight is 291 g/mol. The Labute approximate surface area is 119 Å². The SMILES string of the molecule is Cc1cc([N+](=O)[O-])ccc1N1C(=O)NC(=O)C(C)(C)C1=O. The van der Waals surface area contributed by atoms with E-state index in [0.717, 1.165) is 4.90 Å². The lowest BCUT2D eigenvalue weighted by atomic mass is 9.88. The Bertz CT molecular complexity index is 680. The van der Waals surface area contributed by atoms with E-state index in [2.05, 4.69) is 5.32 Å². The van der Waals surface area contributed by atoms with Gasteiger partial charge in [0.1, 0.15) is 5.41 Å². The molecule has 110 valence electrons. The number of non-ortho nitro benzene ring substituents is 1. The van der Waals surface area contributed by atoms with E-state index in [-0.39, 0.29) is 11.4 Å². The van der Waals surface area contributed by atoms with Gasteiger partial charge in [-0.2, -0.15) is 0 Å². The number of imide groups is 2. The van der Waals surface area contributed by atoms with Gasteiger partial charge < -0.3 is 0 Å². The van der Waals surface area contributed by atoms with Crippen molar-refractivity contribution in [3.8, 4) is 0 Å². The summed E-state index contributed by atoms with van der Waals surface area (Å²) in [5.74, 6) is -1.35. The summed E-state index contributed by atoms with van der Waals surface area (Å²) >= 11 is 0. The van der Waals surface area contributed by atoms with Gasteiger partial charge in [-0.25, -0.2) is 9.69 Å². The predicted molar refractivity (Wildman–Crippen MR) is 72.6 cm³/mol. The van der Waals surface area contributed by atoms with Crippen LogP contribution in [0.2, 0.25) is 0 Å². The summed E-state index contributed by atoms with van der Waals surface area (Å²) in [6.07, 6.45) is 0. The maximum Gasteiger partial charge on any atom is 0.335 e. The average Bonchev–Trinajstić information content (AvgIpc) is 2.38. The molecule has 8 nitrogen and oxygen atoms in total. The van der Waals surface area contributed by atoms with Crippen molar-refractivity contribution in [2.45, 2.75) is 20.8 Å². The number of carbonyl (C=O) groups is 3. The maximum absolute atomic E-state index is 12.3. The van der Waals surface area contributed by atoms with E-state index in [0.29, 0.717) is 5.56 Å². The van der Waals surface area contributed by atoms with Crippen molar-refractivity contribution in [2.24, 2.45) is 5.41 Å². The predicted octanol–water partition coefficient (Wildman–Crippen LogP) is 1.51. The smallest absolute Gasteiger partial charge is 0.276 e. The number of nitrogens with zero attached hydrogens (tertiary/aromatic N) is 2. The summed E-state index contributed by atoms with van der Waals surface area (Å²) in [6, 6.07) is 2.92. The van der Waals surface area contributed by atoms with E-state index in [1.165, 1.54) is 32.0 Å². The number of nitro benzene ring substituents is 1. The number of hydrogen-bond donors (Lipinski definition) is 1. The van der Waals surface area contributed by atoms with Crippen LogP contribution in [-0.4, -0.2) is 22.8 Å². The molecule has 1 heterocycles. The highest BCUT2D eigenvalue weighted by molar-refractivity contribution is 6.29. The number of aryl methyl sites for hydroxylation is 1. The molecule has 0 atom stereocenters. The molecule has 0 spiro atoms. The van der Waals surface area contributed by atoms with Gasteiger partial charge >= 0.3 is 6.03 Å². The Kier molecular flexibility index (Phi) is 3.24. The first-order valence-electron chi connectivity index (χ1n) is 6.11. The number of benzene rings is 1. The van der Waals surface area contributed by atoms with Gasteiger partial charge in [-0.1, -0.05) is 0 Å². The normalized spacial score (nSPS) is 17.7. The third kappa shape index (κ3) is 2.24. The van der Waals surface area contributed by atoms with E-state index in [9.17, 15) is 24.5 Å². The van der Waals surface area contributed by atoms with Crippen molar-refractivity contribution in [2.75, 3.05) is 4.90 Å². The molecule has 1 aromatic carbocycles. The number of urea groups is 1. The molecule has 0 bridgehead atoms. The van der Waals surface area contributed by atoms with Crippen LogP contribution in [0.25, 0.3) is 0 Å². The highest BCUT2D eigenvalue weighted by atomic mass is 16.6. The molecule has 0 radical (unpaired) electrons. The molecule has 1 fully saturated rings. The van der Waals surface area contributed by atoms with Gasteiger partial charge in [0, 0.05) is 12.1 Å². The molecule has 2 rings (SSSR count). The Hall–Kier alpha value is -2.77. The minimum absolute atomic E-state index is 0.142. The third-order valence-corrected chi connectivity index (χ3v) is 3.36. The van der Waals surface area contributed by atoms with Crippen LogP contribution in [0.1, 0.15) is 19.4 Å².